The summed E-state index contributed by atoms with van der Waals surface area (Å²) < 4.78 is 16.7. The molecule has 1 heterocycles. The van der Waals surface area contributed by atoms with Crippen LogP contribution in [-0.2, 0) is 16.0 Å². The summed E-state index contributed by atoms with van der Waals surface area (Å²) in [6.07, 6.45) is 2.12. The third-order valence-electron chi connectivity index (χ3n) is 5.08. The van der Waals surface area contributed by atoms with Crippen molar-refractivity contribution in [2.24, 2.45) is 10.9 Å². The molecule has 0 spiro atoms. The molecule has 1 fully saturated rings. The second-order valence-corrected chi connectivity index (χ2v) is 7.65. The van der Waals surface area contributed by atoms with Gasteiger partial charge in [-0.2, -0.15) is 0 Å². The fourth-order valence-corrected chi connectivity index (χ4v) is 3.18. The second-order valence-electron chi connectivity index (χ2n) is 7.65. The monoisotopic (exact) mass is 534 g/mol. The van der Waals surface area contributed by atoms with E-state index in [1.54, 1.807) is 14.2 Å². The fraction of sp³-hybridized carbons (Fsp3) is 0.682. The number of ether oxygens (including phenoxy) is 3. The van der Waals surface area contributed by atoms with E-state index in [0.717, 1.165) is 69.6 Å². The molecular formula is C22H39IN4O3. The fourth-order valence-electron chi connectivity index (χ4n) is 3.18. The van der Waals surface area contributed by atoms with Crippen LogP contribution >= 0.6 is 24.0 Å². The number of likely N-dealkylation sites (N-methyl/N-ethyl adjacent to an activating group) is 1. The molecule has 8 heteroatoms. The van der Waals surface area contributed by atoms with Gasteiger partial charge in [0.25, 0.3) is 0 Å². The van der Waals surface area contributed by atoms with Crippen molar-refractivity contribution in [2.75, 3.05) is 67.3 Å². The molecule has 0 aromatic heterocycles. The SMILES string of the molecule is CN=C(NCCCN(C)CCOC)NCc1ccc(C)cc1OCC1CCOC1.I. The first kappa shape index (κ1) is 26.9. The second kappa shape index (κ2) is 15.7. The lowest BCUT2D eigenvalue weighted by Crippen LogP contribution is -2.38. The molecule has 1 unspecified atom stereocenters. The molecule has 0 aliphatic carbocycles. The zero-order valence-corrected chi connectivity index (χ0v) is 21.2. The van der Waals surface area contributed by atoms with Crippen LogP contribution in [0.25, 0.3) is 0 Å². The molecule has 1 aliphatic heterocycles. The predicted molar refractivity (Wildman–Crippen MR) is 133 cm³/mol. The molecule has 2 rings (SSSR count). The van der Waals surface area contributed by atoms with Gasteiger partial charge in [0.05, 0.1) is 19.8 Å². The number of hydrogen-bond donors (Lipinski definition) is 2. The molecule has 0 radical (unpaired) electrons. The smallest absolute Gasteiger partial charge is 0.191 e. The highest BCUT2D eigenvalue weighted by atomic mass is 127. The van der Waals surface area contributed by atoms with E-state index in [2.05, 4.69) is 52.7 Å². The van der Waals surface area contributed by atoms with Gasteiger partial charge in [-0.3, -0.25) is 4.99 Å². The van der Waals surface area contributed by atoms with E-state index >= 15 is 0 Å². The van der Waals surface area contributed by atoms with Gasteiger partial charge in [-0.25, -0.2) is 0 Å². The van der Waals surface area contributed by atoms with Crippen molar-refractivity contribution in [3.8, 4) is 5.75 Å². The number of hydrogen-bond acceptors (Lipinski definition) is 5. The first-order valence-corrected chi connectivity index (χ1v) is 10.5. The Kier molecular flexibility index (Phi) is 14.1. The largest absolute Gasteiger partial charge is 0.493 e. The number of aryl methyl sites for hydroxylation is 1. The Morgan fingerprint density at radius 3 is 2.83 bits per heavy atom. The summed E-state index contributed by atoms with van der Waals surface area (Å²) in [5.41, 5.74) is 2.34. The summed E-state index contributed by atoms with van der Waals surface area (Å²) in [6, 6.07) is 6.36. The third-order valence-corrected chi connectivity index (χ3v) is 5.08. The number of rotatable bonds is 12. The topological polar surface area (TPSA) is 67.4 Å². The van der Waals surface area contributed by atoms with Crippen molar-refractivity contribution in [2.45, 2.75) is 26.3 Å². The summed E-state index contributed by atoms with van der Waals surface area (Å²) in [4.78, 5) is 6.60. The van der Waals surface area contributed by atoms with E-state index in [-0.39, 0.29) is 24.0 Å². The highest BCUT2D eigenvalue weighted by Crippen LogP contribution is 2.22. The van der Waals surface area contributed by atoms with Crippen molar-refractivity contribution in [1.82, 2.24) is 15.5 Å². The van der Waals surface area contributed by atoms with E-state index in [1.807, 2.05) is 0 Å². The molecule has 1 atom stereocenters. The normalized spacial score (nSPS) is 16.4. The Bertz CT molecular complexity index is 624. The average Bonchev–Trinajstić information content (AvgIpc) is 3.24. The Morgan fingerprint density at radius 1 is 1.30 bits per heavy atom. The zero-order valence-electron chi connectivity index (χ0n) is 18.9. The summed E-state index contributed by atoms with van der Waals surface area (Å²) in [5.74, 6) is 2.24. The molecule has 0 amide bonds. The lowest BCUT2D eigenvalue weighted by molar-refractivity contribution is 0.161. The van der Waals surface area contributed by atoms with Crippen molar-refractivity contribution < 1.29 is 14.2 Å². The van der Waals surface area contributed by atoms with Crippen LogP contribution in [0.4, 0.5) is 0 Å². The Hall–Kier alpha value is -1.10. The van der Waals surface area contributed by atoms with Gasteiger partial charge >= 0.3 is 0 Å². The summed E-state index contributed by atoms with van der Waals surface area (Å²) >= 11 is 0. The maximum atomic E-state index is 6.13. The van der Waals surface area contributed by atoms with Gasteiger partial charge in [-0.1, -0.05) is 12.1 Å². The number of nitrogens with zero attached hydrogens (tertiary/aromatic N) is 2. The molecule has 1 aromatic carbocycles. The van der Waals surface area contributed by atoms with Gasteiger partial charge in [-0.15, -0.1) is 24.0 Å². The lowest BCUT2D eigenvalue weighted by Gasteiger charge is -2.18. The molecule has 0 saturated carbocycles. The summed E-state index contributed by atoms with van der Waals surface area (Å²) in [7, 11) is 5.65. The van der Waals surface area contributed by atoms with Crippen LogP contribution in [0.15, 0.2) is 23.2 Å². The molecular weight excluding hydrogens is 495 g/mol. The van der Waals surface area contributed by atoms with Gasteiger partial charge in [0.15, 0.2) is 5.96 Å². The zero-order chi connectivity index (χ0) is 20.9. The highest BCUT2D eigenvalue weighted by molar-refractivity contribution is 14.0. The molecule has 30 heavy (non-hydrogen) atoms. The maximum Gasteiger partial charge on any atom is 0.191 e. The van der Waals surface area contributed by atoms with Crippen LogP contribution in [0.5, 0.6) is 5.75 Å². The summed E-state index contributed by atoms with van der Waals surface area (Å²) in [6.45, 7) is 8.73. The van der Waals surface area contributed by atoms with E-state index in [0.29, 0.717) is 19.1 Å². The number of nitrogens with one attached hydrogen (secondary N) is 2. The lowest BCUT2D eigenvalue weighted by atomic mass is 10.1. The Morgan fingerprint density at radius 2 is 2.13 bits per heavy atom. The van der Waals surface area contributed by atoms with Crippen LogP contribution in [0.2, 0.25) is 0 Å². The van der Waals surface area contributed by atoms with E-state index < -0.39 is 0 Å². The van der Waals surface area contributed by atoms with E-state index in [1.165, 1.54) is 5.56 Å². The number of methoxy groups -OCH3 is 1. The number of benzene rings is 1. The van der Waals surface area contributed by atoms with Gasteiger partial charge in [0.1, 0.15) is 5.75 Å². The first-order valence-electron chi connectivity index (χ1n) is 10.5. The standard InChI is InChI=1S/C22H38N4O3.HI/c1-18-6-7-20(21(14-18)29-17-19-8-12-28-16-19)15-25-22(23-2)24-9-5-10-26(3)11-13-27-4;/h6-7,14,19H,5,8-13,15-17H2,1-4H3,(H2,23,24,25);1H. The quantitative estimate of drug-likeness (QED) is 0.186. The Balaban J connectivity index is 0.00000450. The van der Waals surface area contributed by atoms with Gasteiger partial charge in [0.2, 0.25) is 0 Å². The molecule has 2 N–H and O–H groups in total. The van der Waals surface area contributed by atoms with Crippen molar-refractivity contribution in [1.29, 1.82) is 0 Å². The average molecular weight is 534 g/mol. The molecule has 1 aliphatic rings. The molecule has 0 bridgehead atoms. The number of aliphatic imine (C=N–C) groups is 1. The Labute approximate surface area is 199 Å². The number of guanidine groups is 1. The van der Waals surface area contributed by atoms with E-state index in [9.17, 15) is 0 Å². The van der Waals surface area contributed by atoms with Crippen molar-refractivity contribution in [3.63, 3.8) is 0 Å². The molecule has 1 aromatic rings. The van der Waals surface area contributed by atoms with E-state index in [4.69, 9.17) is 14.2 Å². The minimum atomic E-state index is 0. The highest BCUT2D eigenvalue weighted by Gasteiger charge is 2.17. The van der Waals surface area contributed by atoms with Crippen molar-refractivity contribution >= 4 is 29.9 Å². The third kappa shape index (κ3) is 10.3. The minimum absolute atomic E-state index is 0. The number of halogens is 1. The molecule has 7 nitrogen and oxygen atoms in total. The van der Waals surface area contributed by atoms with Crippen LogP contribution in [0.1, 0.15) is 24.0 Å². The maximum absolute atomic E-state index is 6.13. The van der Waals surface area contributed by atoms with Crippen molar-refractivity contribution in [3.05, 3.63) is 29.3 Å². The van der Waals surface area contributed by atoms with Crippen LogP contribution in [0.3, 0.4) is 0 Å². The molecule has 1 saturated heterocycles. The van der Waals surface area contributed by atoms with Crippen LogP contribution < -0.4 is 15.4 Å². The first-order chi connectivity index (χ1) is 14.1. The van der Waals surface area contributed by atoms with Crippen LogP contribution in [-0.4, -0.2) is 78.1 Å². The predicted octanol–water partition coefficient (Wildman–Crippen LogP) is 2.66. The van der Waals surface area contributed by atoms with Gasteiger partial charge in [-0.05, 0) is 45.0 Å². The van der Waals surface area contributed by atoms with Gasteiger partial charge in [0, 0.05) is 51.9 Å². The summed E-state index contributed by atoms with van der Waals surface area (Å²) in [5, 5.41) is 6.78. The molecule has 172 valence electrons. The minimum Gasteiger partial charge on any atom is -0.493 e. The van der Waals surface area contributed by atoms with Gasteiger partial charge < -0.3 is 29.7 Å². The van der Waals surface area contributed by atoms with Crippen LogP contribution in [0, 0.1) is 12.8 Å².